The Bertz CT molecular complexity index is 673. The van der Waals surface area contributed by atoms with Crippen LogP contribution in [0.4, 0.5) is 0 Å². The van der Waals surface area contributed by atoms with Gasteiger partial charge in [-0.05, 0) is 30.7 Å². The fourth-order valence-electron chi connectivity index (χ4n) is 1.95. The predicted octanol–water partition coefficient (Wildman–Crippen LogP) is 5.03. The Morgan fingerprint density at radius 1 is 1.43 bits per heavy atom. The molecule has 0 spiro atoms. The van der Waals surface area contributed by atoms with Gasteiger partial charge in [-0.2, -0.15) is 0 Å². The third-order valence-corrected chi connectivity index (χ3v) is 4.67. The fourth-order valence-corrected chi connectivity index (χ4v) is 3.20. The van der Waals surface area contributed by atoms with E-state index in [1.807, 2.05) is 11.6 Å². The second-order valence-corrected chi connectivity index (χ2v) is 6.74. The van der Waals surface area contributed by atoms with Crippen LogP contribution in [0.1, 0.15) is 41.0 Å². The van der Waals surface area contributed by atoms with E-state index in [0.29, 0.717) is 14.4 Å². The number of carbonyl (C=O) groups excluding carboxylic acids is 1. The molecule has 2 rings (SSSR count). The molecule has 0 aliphatic carbocycles. The number of nitrogens with zero attached hydrogens (tertiary/aromatic N) is 2. The summed E-state index contributed by atoms with van der Waals surface area (Å²) < 4.78 is 2.54. The molecule has 0 aliphatic heterocycles. The Kier molecular flexibility index (Phi) is 5.62. The normalized spacial score (nSPS) is 11.4. The number of hydrogen-bond donors (Lipinski definition) is 0. The topological polar surface area (TPSA) is 34.9 Å². The lowest BCUT2D eigenvalue weighted by Gasteiger charge is -2.01. The molecule has 0 amide bonds. The van der Waals surface area contributed by atoms with Crippen molar-refractivity contribution in [3.05, 3.63) is 44.1 Å². The lowest BCUT2D eigenvalue weighted by molar-refractivity contribution is 0.105. The van der Waals surface area contributed by atoms with E-state index in [2.05, 4.69) is 11.9 Å². The highest BCUT2D eigenvalue weighted by Gasteiger charge is 2.11. The molecule has 0 radical (unpaired) electrons. The molecule has 21 heavy (non-hydrogen) atoms. The molecule has 6 heteroatoms. The summed E-state index contributed by atoms with van der Waals surface area (Å²) in [5.74, 6) is 0.854. The smallest absolute Gasteiger partial charge is 0.195 e. The molecule has 0 saturated carbocycles. The number of thiophene rings is 1. The highest BCUT2D eigenvalue weighted by Crippen LogP contribution is 2.23. The molecule has 2 heterocycles. The molecule has 0 unspecified atom stereocenters. The minimum Gasteiger partial charge on any atom is -0.330 e. The fraction of sp³-hybridized carbons (Fsp3) is 0.333. The summed E-state index contributed by atoms with van der Waals surface area (Å²) in [5.41, 5.74) is 0.749. The second-order valence-electron chi connectivity index (χ2n) is 4.67. The van der Waals surface area contributed by atoms with Crippen molar-refractivity contribution in [2.75, 3.05) is 0 Å². The average Bonchev–Trinajstić information content (AvgIpc) is 2.99. The number of aryl methyl sites for hydroxylation is 1. The lowest BCUT2D eigenvalue weighted by atomic mass is 10.2. The molecule has 0 fully saturated rings. The van der Waals surface area contributed by atoms with E-state index >= 15 is 0 Å². The zero-order chi connectivity index (χ0) is 15.4. The van der Waals surface area contributed by atoms with Gasteiger partial charge in [0.15, 0.2) is 10.9 Å². The van der Waals surface area contributed by atoms with E-state index in [-0.39, 0.29) is 5.78 Å². The molecule has 0 atom stereocenters. The van der Waals surface area contributed by atoms with Crippen LogP contribution in [0.3, 0.4) is 0 Å². The first kappa shape index (κ1) is 16.3. The van der Waals surface area contributed by atoms with Gasteiger partial charge in [0.05, 0.1) is 14.9 Å². The minimum atomic E-state index is -0.0840. The van der Waals surface area contributed by atoms with Gasteiger partial charge in [0, 0.05) is 13.5 Å². The maximum atomic E-state index is 12.0. The van der Waals surface area contributed by atoms with Crippen molar-refractivity contribution in [2.24, 2.45) is 7.05 Å². The first-order valence-electron chi connectivity index (χ1n) is 6.71. The van der Waals surface area contributed by atoms with Crippen LogP contribution in [0.2, 0.25) is 9.49 Å². The van der Waals surface area contributed by atoms with Crippen molar-refractivity contribution in [2.45, 2.75) is 26.2 Å². The molecule has 0 aliphatic rings. The Morgan fingerprint density at radius 3 is 2.81 bits per heavy atom. The van der Waals surface area contributed by atoms with Crippen LogP contribution in [0.15, 0.2) is 18.2 Å². The number of unbranched alkanes of at least 4 members (excludes halogenated alkanes) is 1. The number of allylic oxidation sites excluding steroid dienone is 1. The Hall–Kier alpha value is -1.10. The Labute approximate surface area is 138 Å². The van der Waals surface area contributed by atoms with E-state index in [1.54, 1.807) is 18.2 Å². The molecular formula is C15H16Cl2N2OS. The number of aromatic nitrogens is 2. The van der Waals surface area contributed by atoms with Crippen LogP contribution in [0.5, 0.6) is 0 Å². The van der Waals surface area contributed by atoms with Crippen molar-refractivity contribution in [1.29, 1.82) is 0 Å². The molecule has 2 aromatic rings. The molecule has 0 aromatic carbocycles. The SMILES string of the molecule is CCCCc1nc(Cl)c(C=CC(=O)c2ccc(Cl)s2)n1C. The van der Waals surface area contributed by atoms with Crippen LogP contribution in [0.25, 0.3) is 6.08 Å². The standard InChI is InChI=1S/C15H16Cl2N2OS/c1-3-4-5-14-18-15(17)10(19(14)2)6-7-11(20)12-8-9-13(16)21-12/h6-9H,3-5H2,1-2H3. The maximum absolute atomic E-state index is 12.0. The summed E-state index contributed by atoms with van der Waals surface area (Å²) in [6, 6.07) is 3.43. The van der Waals surface area contributed by atoms with Crippen molar-refractivity contribution >= 4 is 46.4 Å². The Balaban J connectivity index is 2.17. The summed E-state index contributed by atoms with van der Waals surface area (Å²) in [5, 5.41) is 0.428. The number of imidazole rings is 1. The Morgan fingerprint density at radius 2 is 2.19 bits per heavy atom. The monoisotopic (exact) mass is 342 g/mol. The third kappa shape index (κ3) is 3.96. The maximum Gasteiger partial charge on any atom is 0.195 e. The van der Waals surface area contributed by atoms with E-state index in [4.69, 9.17) is 23.2 Å². The van der Waals surface area contributed by atoms with Gasteiger partial charge in [-0.15, -0.1) is 11.3 Å². The summed E-state index contributed by atoms with van der Waals surface area (Å²) in [7, 11) is 1.91. The van der Waals surface area contributed by atoms with E-state index in [9.17, 15) is 4.79 Å². The molecular weight excluding hydrogens is 327 g/mol. The second kappa shape index (κ2) is 7.25. The number of hydrogen-bond acceptors (Lipinski definition) is 3. The van der Waals surface area contributed by atoms with Gasteiger partial charge < -0.3 is 4.57 Å². The number of carbonyl (C=O) groups is 1. The number of rotatable bonds is 6. The molecule has 0 bridgehead atoms. The van der Waals surface area contributed by atoms with Crippen LogP contribution in [0, 0.1) is 0 Å². The lowest BCUT2D eigenvalue weighted by Crippen LogP contribution is -2.00. The van der Waals surface area contributed by atoms with E-state index in [1.165, 1.54) is 17.4 Å². The highest BCUT2D eigenvalue weighted by atomic mass is 35.5. The van der Waals surface area contributed by atoms with Crippen LogP contribution >= 0.6 is 34.5 Å². The van der Waals surface area contributed by atoms with Crippen molar-refractivity contribution in [3.63, 3.8) is 0 Å². The first-order chi connectivity index (χ1) is 10.0. The largest absolute Gasteiger partial charge is 0.330 e. The minimum absolute atomic E-state index is 0.0840. The van der Waals surface area contributed by atoms with Gasteiger partial charge in [-0.1, -0.05) is 36.5 Å². The van der Waals surface area contributed by atoms with Crippen molar-refractivity contribution in [3.8, 4) is 0 Å². The van der Waals surface area contributed by atoms with Crippen LogP contribution in [-0.2, 0) is 13.5 Å². The number of halogens is 2. The highest BCUT2D eigenvalue weighted by molar-refractivity contribution is 7.18. The predicted molar refractivity (Wildman–Crippen MR) is 89.5 cm³/mol. The first-order valence-corrected chi connectivity index (χ1v) is 8.29. The molecule has 112 valence electrons. The van der Waals surface area contributed by atoms with Crippen LogP contribution in [-0.4, -0.2) is 15.3 Å². The quantitative estimate of drug-likeness (QED) is 0.545. The van der Waals surface area contributed by atoms with Gasteiger partial charge in [0.2, 0.25) is 0 Å². The van der Waals surface area contributed by atoms with Gasteiger partial charge in [-0.3, -0.25) is 4.79 Å². The molecule has 0 saturated heterocycles. The van der Waals surface area contributed by atoms with Gasteiger partial charge >= 0.3 is 0 Å². The van der Waals surface area contributed by atoms with Crippen molar-refractivity contribution in [1.82, 2.24) is 9.55 Å². The summed E-state index contributed by atoms with van der Waals surface area (Å²) in [4.78, 5) is 17.0. The summed E-state index contributed by atoms with van der Waals surface area (Å²) in [6.45, 7) is 2.14. The van der Waals surface area contributed by atoms with E-state index in [0.717, 1.165) is 30.8 Å². The van der Waals surface area contributed by atoms with E-state index < -0.39 is 0 Å². The van der Waals surface area contributed by atoms with Crippen molar-refractivity contribution < 1.29 is 4.79 Å². The molecule has 0 N–H and O–H groups in total. The third-order valence-electron chi connectivity index (χ3n) is 3.15. The zero-order valence-corrected chi connectivity index (χ0v) is 14.2. The molecule has 2 aromatic heterocycles. The van der Waals surface area contributed by atoms with Gasteiger partial charge in [-0.25, -0.2) is 4.98 Å². The van der Waals surface area contributed by atoms with Crippen LogP contribution < -0.4 is 0 Å². The van der Waals surface area contributed by atoms with Gasteiger partial charge in [0.25, 0.3) is 0 Å². The summed E-state index contributed by atoms with van der Waals surface area (Å²) in [6.07, 6.45) is 6.27. The van der Waals surface area contributed by atoms with Gasteiger partial charge in [0.1, 0.15) is 5.82 Å². The average molecular weight is 343 g/mol. The zero-order valence-electron chi connectivity index (χ0n) is 11.9. The summed E-state index contributed by atoms with van der Waals surface area (Å²) >= 11 is 13.2. The number of ketones is 1. The molecule has 3 nitrogen and oxygen atoms in total.